The summed E-state index contributed by atoms with van der Waals surface area (Å²) in [6, 6.07) is 5.62. The second-order valence-electron chi connectivity index (χ2n) is 5.11. The Kier molecular flexibility index (Phi) is 4.74. The minimum absolute atomic E-state index is 0.292. The lowest BCUT2D eigenvalue weighted by atomic mass is 10.0. The quantitative estimate of drug-likeness (QED) is 0.650. The van der Waals surface area contributed by atoms with Crippen LogP contribution in [0.4, 0.5) is 9.80 Å². The third kappa shape index (κ3) is 3.37. The first-order chi connectivity index (χ1) is 11.6. The summed E-state index contributed by atoms with van der Waals surface area (Å²) >= 11 is 5.16. The Morgan fingerprint density at radius 3 is 3.00 bits per heavy atom. The molecular formula is C16H13N3O3S2. The van der Waals surface area contributed by atoms with E-state index in [0.29, 0.717) is 35.8 Å². The number of furan rings is 1. The number of carbonyl (C=O) groups is 2. The second-order valence-corrected chi connectivity index (χ2v) is 6.60. The van der Waals surface area contributed by atoms with Crippen LogP contribution in [0, 0.1) is 11.3 Å². The third-order valence-electron chi connectivity index (χ3n) is 3.62. The fraction of sp³-hybridized carbons (Fsp3) is 0.188. The van der Waals surface area contributed by atoms with Crippen molar-refractivity contribution in [3.05, 3.63) is 46.2 Å². The van der Waals surface area contributed by atoms with Gasteiger partial charge in [0.2, 0.25) is 5.91 Å². The molecule has 3 heterocycles. The van der Waals surface area contributed by atoms with Crippen LogP contribution in [0.15, 0.2) is 28.9 Å². The third-order valence-corrected chi connectivity index (χ3v) is 5.03. The fourth-order valence-electron chi connectivity index (χ4n) is 2.47. The van der Waals surface area contributed by atoms with Crippen LogP contribution in [0.25, 0.3) is 6.08 Å². The van der Waals surface area contributed by atoms with Gasteiger partial charge in [-0.1, -0.05) is 12.6 Å². The van der Waals surface area contributed by atoms with Gasteiger partial charge in [0.15, 0.2) is 0 Å². The van der Waals surface area contributed by atoms with E-state index in [1.165, 1.54) is 23.7 Å². The molecule has 2 amide bonds. The molecule has 0 saturated heterocycles. The molecule has 0 unspecified atom stereocenters. The van der Waals surface area contributed by atoms with Gasteiger partial charge in [-0.15, -0.1) is 11.3 Å². The molecule has 0 bridgehead atoms. The highest BCUT2D eigenvalue weighted by Gasteiger charge is 2.26. The molecule has 24 heavy (non-hydrogen) atoms. The molecule has 0 saturated carbocycles. The lowest BCUT2D eigenvalue weighted by Crippen LogP contribution is -2.31. The summed E-state index contributed by atoms with van der Waals surface area (Å²) in [6.45, 7) is 0.932. The zero-order valence-electron chi connectivity index (χ0n) is 12.5. The minimum atomic E-state index is -0.344. The van der Waals surface area contributed by atoms with Crippen molar-refractivity contribution in [1.29, 1.82) is 5.26 Å². The number of anilines is 1. The van der Waals surface area contributed by atoms with Crippen molar-refractivity contribution in [3.63, 3.8) is 0 Å². The van der Waals surface area contributed by atoms with Crippen molar-refractivity contribution in [2.75, 3.05) is 11.9 Å². The maximum absolute atomic E-state index is 12.0. The summed E-state index contributed by atoms with van der Waals surface area (Å²) in [4.78, 5) is 25.9. The zero-order valence-corrected chi connectivity index (χ0v) is 14.2. The number of hydrogen-bond acceptors (Lipinski definition) is 5. The van der Waals surface area contributed by atoms with Crippen LogP contribution < -0.4 is 5.32 Å². The van der Waals surface area contributed by atoms with Gasteiger partial charge in [0.25, 0.3) is 5.24 Å². The van der Waals surface area contributed by atoms with Gasteiger partial charge in [0.1, 0.15) is 16.8 Å². The molecule has 2 aromatic heterocycles. The van der Waals surface area contributed by atoms with E-state index in [1.807, 2.05) is 0 Å². The topological polar surface area (TPSA) is 86.3 Å². The number of nitrogens with zero attached hydrogens (tertiary/aromatic N) is 2. The highest BCUT2D eigenvalue weighted by Crippen LogP contribution is 2.36. The molecule has 0 aliphatic carbocycles. The van der Waals surface area contributed by atoms with Crippen molar-refractivity contribution in [3.8, 4) is 6.07 Å². The smallest absolute Gasteiger partial charge is 0.278 e. The van der Waals surface area contributed by atoms with E-state index in [2.05, 4.69) is 24.0 Å². The predicted molar refractivity (Wildman–Crippen MR) is 93.9 cm³/mol. The van der Waals surface area contributed by atoms with Gasteiger partial charge in [-0.2, -0.15) is 5.26 Å². The second kappa shape index (κ2) is 6.95. The van der Waals surface area contributed by atoms with E-state index in [1.54, 1.807) is 23.1 Å². The van der Waals surface area contributed by atoms with E-state index in [9.17, 15) is 14.9 Å². The van der Waals surface area contributed by atoms with E-state index in [-0.39, 0.29) is 11.1 Å². The number of rotatable bonds is 3. The van der Waals surface area contributed by atoms with Crippen LogP contribution in [-0.4, -0.2) is 22.6 Å². The molecule has 0 radical (unpaired) electrons. The van der Waals surface area contributed by atoms with Gasteiger partial charge in [-0.05, 0) is 30.2 Å². The highest BCUT2D eigenvalue weighted by atomic mass is 32.1. The van der Waals surface area contributed by atoms with E-state index in [4.69, 9.17) is 4.42 Å². The molecule has 1 aliphatic rings. The number of thiophene rings is 1. The van der Waals surface area contributed by atoms with Crippen LogP contribution in [0.2, 0.25) is 0 Å². The molecule has 0 atom stereocenters. The Morgan fingerprint density at radius 2 is 2.33 bits per heavy atom. The van der Waals surface area contributed by atoms with Crippen molar-refractivity contribution < 1.29 is 14.0 Å². The maximum atomic E-state index is 12.0. The van der Waals surface area contributed by atoms with Gasteiger partial charge in [-0.3, -0.25) is 9.59 Å². The van der Waals surface area contributed by atoms with E-state index >= 15 is 0 Å². The molecule has 8 heteroatoms. The van der Waals surface area contributed by atoms with Crippen molar-refractivity contribution >= 4 is 46.2 Å². The number of carbonyl (C=O) groups excluding carboxylic acids is 2. The van der Waals surface area contributed by atoms with Crippen LogP contribution in [-0.2, 0) is 17.8 Å². The van der Waals surface area contributed by atoms with Gasteiger partial charge in [0, 0.05) is 17.5 Å². The van der Waals surface area contributed by atoms with Crippen LogP contribution >= 0.6 is 24.0 Å². The van der Waals surface area contributed by atoms with Gasteiger partial charge in [-0.25, -0.2) is 0 Å². The number of nitrogens with one attached hydrogen (secondary N) is 1. The molecule has 2 aromatic rings. The fourth-order valence-corrected chi connectivity index (χ4v) is 3.86. The normalized spacial score (nSPS) is 13.6. The Labute approximate surface area is 147 Å². The minimum Gasteiger partial charge on any atom is -0.465 e. The molecule has 6 nitrogen and oxygen atoms in total. The molecule has 3 rings (SSSR count). The molecule has 0 aromatic carbocycles. The summed E-state index contributed by atoms with van der Waals surface area (Å²) in [7, 11) is 0. The average Bonchev–Trinajstić information content (AvgIpc) is 3.19. The molecule has 1 aliphatic heterocycles. The Hall–Kier alpha value is -2.50. The standard InChI is InChI=1S/C16H13N3O3S2/c17-8-12-11-5-6-19(16(21)23)9-13(11)24-15(12)18-14(20)4-3-10-2-1-7-22-10/h1-4,7H,5-6,9H2,(H,18,20)(H,21,23). The highest BCUT2D eigenvalue weighted by molar-refractivity contribution is 7.96. The Morgan fingerprint density at radius 1 is 1.50 bits per heavy atom. The molecule has 0 fully saturated rings. The largest absolute Gasteiger partial charge is 0.465 e. The van der Waals surface area contributed by atoms with Crippen molar-refractivity contribution in [1.82, 2.24) is 4.90 Å². The average molecular weight is 359 g/mol. The summed E-state index contributed by atoms with van der Waals surface area (Å²) < 4.78 is 5.12. The van der Waals surface area contributed by atoms with Crippen molar-refractivity contribution in [2.24, 2.45) is 0 Å². The first kappa shape index (κ1) is 16.4. The number of hydrogen-bond donors (Lipinski definition) is 2. The summed E-state index contributed by atoms with van der Waals surface area (Å²) in [5.74, 6) is 0.225. The molecule has 0 spiro atoms. The summed E-state index contributed by atoms with van der Waals surface area (Å²) in [5, 5.41) is 12.4. The number of amides is 2. The molecule has 122 valence electrons. The summed E-state index contributed by atoms with van der Waals surface area (Å²) in [5.41, 5.74) is 1.37. The monoisotopic (exact) mass is 359 g/mol. The van der Waals surface area contributed by atoms with E-state index < -0.39 is 0 Å². The maximum Gasteiger partial charge on any atom is 0.278 e. The predicted octanol–water partition coefficient (Wildman–Crippen LogP) is 3.27. The van der Waals surface area contributed by atoms with Gasteiger partial charge in [0.05, 0.1) is 18.4 Å². The number of nitriles is 1. The Balaban J connectivity index is 1.78. The lowest BCUT2D eigenvalue weighted by Gasteiger charge is -2.24. The van der Waals surface area contributed by atoms with Crippen LogP contribution in [0.3, 0.4) is 0 Å². The lowest BCUT2D eigenvalue weighted by molar-refractivity contribution is -0.111. The van der Waals surface area contributed by atoms with Crippen LogP contribution in [0.5, 0.6) is 0 Å². The summed E-state index contributed by atoms with van der Waals surface area (Å²) in [6.07, 6.45) is 5.00. The van der Waals surface area contributed by atoms with Crippen molar-refractivity contribution in [2.45, 2.75) is 13.0 Å². The molecule has 1 N–H and O–H groups in total. The first-order valence-electron chi connectivity index (χ1n) is 7.13. The first-order valence-corrected chi connectivity index (χ1v) is 8.40. The Bertz CT molecular complexity index is 847. The number of thiol groups is 1. The molecular weight excluding hydrogens is 346 g/mol. The van der Waals surface area contributed by atoms with Gasteiger partial charge < -0.3 is 14.6 Å². The van der Waals surface area contributed by atoms with Crippen LogP contribution in [0.1, 0.15) is 21.8 Å². The van der Waals surface area contributed by atoms with Gasteiger partial charge >= 0.3 is 0 Å². The SMILES string of the molecule is N#Cc1c(NC(=O)C=Cc2ccco2)sc2c1CCN(C(=O)S)C2. The number of fused-ring (bicyclic) bond motifs is 1. The zero-order chi connectivity index (χ0) is 17.1. The van der Waals surface area contributed by atoms with E-state index in [0.717, 1.165) is 10.4 Å².